The highest BCUT2D eigenvalue weighted by molar-refractivity contribution is 5.92. The fourth-order valence-corrected chi connectivity index (χ4v) is 2.90. The number of hydrogen-bond donors (Lipinski definition) is 2. The lowest BCUT2D eigenvalue weighted by Crippen LogP contribution is -2.28. The molecule has 150 valence electrons. The van der Waals surface area contributed by atoms with Crippen molar-refractivity contribution in [1.29, 1.82) is 0 Å². The van der Waals surface area contributed by atoms with Gasteiger partial charge in [-0.2, -0.15) is 4.68 Å². The molecule has 30 heavy (non-hydrogen) atoms. The maximum Gasteiger partial charge on any atom is 0.284 e. The normalized spacial score (nSPS) is 10.7. The first-order valence-electron chi connectivity index (χ1n) is 9.05. The molecule has 0 radical (unpaired) electrons. The van der Waals surface area contributed by atoms with Gasteiger partial charge in [0.1, 0.15) is 12.9 Å². The minimum atomic E-state index is -0.460. The second-order valence-electron chi connectivity index (χ2n) is 6.49. The first-order chi connectivity index (χ1) is 14.5. The minimum absolute atomic E-state index is 0.0776. The standard InChI is InChI=1S/C20H17N7O3/c1-13(28)22-14-7-9-15(10-8-14)23-17(29)11-26-12-21-19-18(20(26)30)24-25-27(19)16-5-3-2-4-6-16/h2-10,12H,11H2,1H3,(H,22,28)(H,23,29). The summed E-state index contributed by atoms with van der Waals surface area (Å²) in [4.78, 5) is 40.4. The highest BCUT2D eigenvalue weighted by Crippen LogP contribution is 2.14. The van der Waals surface area contributed by atoms with E-state index in [-0.39, 0.29) is 18.0 Å². The van der Waals surface area contributed by atoms with Gasteiger partial charge in [-0.15, -0.1) is 5.10 Å². The number of nitrogens with zero attached hydrogens (tertiary/aromatic N) is 5. The molecule has 2 heterocycles. The van der Waals surface area contributed by atoms with Gasteiger partial charge in [0.15, 0.2) is 11.2 Å². The third-order valence-corrected chi connectivity index (χ3v) is 4.23. The lowest BCUT2D eigenvalue weighted by atomic mass is 10.2. The van der Waals surface area contributed by atoms with Gasteiger partial charge in [-0.05, 0) is 36.4 Å². The lowest BCUT2D eigenvalue weighted by Gasteiger charge is -2.08. The van der Waals surface area contributed by atoms with Crippen molar-refractivity contribution in [2.24, 2.45) is 0 Å². The molecule has 0 aliphatic rings. The van der Waals surface area contributed by atoms with Gasteiger partial charge in [0, 0.05) is 18.3 Å². The van der Waals surface area contributed by atoms with E-state index in [2.05, 4.69) is 25.9 Å². The molecule has 10 nitrogen and oxygen atoms in total. The van der Waals surface area contributed by atoms with E-state index in [1.54, 1.807) is 24.3 Å². The maximum atomic E-state index is 12.7. The average molecular weight is 403 g/mol. The summed E-state index contributed by atoms with van der Waals surface area (Å²) >= 11 is 0. The van der Waals surface area contributed by atoms with Crippen molar-refractivity contribution in [3.05, 3.63) is 71.3 Å². The van der Waals surface area contributed by atoms with Crippen molar-refractivity contribution in [1.82, 2.24) is 24.5 Å². The van der Waals surface area contributed by atoms with Crippen LogP contribution in [0.4, 0.5) is 11.4 Å². The van der Waals surface area contributed by atoms with E-state index in [1.807, 2.05) is 30.3 Å². The summed E-state index contributed by atoms with van der Waals surface area (Å²) < 4.78 is 2.64. The zero-order chi connectivity index (χ0) is 21.1. The number of anilines is 2. The number of para-hydroxylation sites is 1. The number of carbonyl (C=O) groups is 2. The zero-order valence-corrected chi connectivity index (χ0v) is 15.9. The zero-order valence-electron chi connectivity index (χ0n) is 15.9. The third-order valence-electron chi connectivity index (χ3n) is 4.23. The number of aromatic nitrogens is 5. The smallest absolute Gasteiger partial charge is 0.284 e. The number of benzene rings is 2. The molecule has 0 atom stereocenters. The number of carbonyl (C=O) groups excluding carboxylic acids is 2. The molecule has 0 spiro atoms. The Morgan fingerprint density at radius 2 is 1.63 bits per heavy atom. The summed E-state index contributed by atoms with van der Waals surface area (Å²) in [6, 6.07) is 15.8. The van der Waals surface area contributed by atoms with Gasteiger partial charge in [0.05, 0.1) is 5.69 Å². The van der Waals surface area contributed by atoms with Crippen LogP contribution in [-0.4, -0.2) is 36.4 Å². The first kappa shape index (κ1) is 19.0. The van der Waals surface area contributed by atoms with E-state index in [0.717, 1.165) is 5.69 Å². The van der Waals surface area contributed by atoms with Crippen LogP contribution in [0.1, 0.15) is 6.92 Å². The summed E-state index contributed by atoms with van der Waals surface area (Å²) in [6.07, 6.45) is 1.30. The van der Waals surface area contributed by atoms with Gasteiger partial charge in [0.25, 0.3) is 5.56 Å². The van der Waals surface area contributed by atoms with Gasteiger partial charge < -0.3 is 10.6 Å². The SMILES string of the molecule is CC(=O)Nc1ccc(NC(=O)Cn2cnc3c(nnn3-c3ccccc3)c2=O)cc1. The fraction of sp³-hybridized carbons (Fsp3) is 0.100. The van der Waals surface area contributed by atoms with E-state index < -0.39 is 11.5 Å². The maximum absolute atomic E-state index is 12.7. The molecule has 0 aliphatic heterocycles. The van der Waals surface area contributed by atoms with Crippen molar-refractivity contribution in [3.63, 3.8) is 0 Å². The van der Waals surface area contributed by atoms with Crippen LogP contribution in [0.5, 0.6) is 0 Å². The Bertz CT molecular complexity index is 1280. The molecule has 0 bridgehead atoms. The van der Waals surface area contributed by atoms with E-state index in [1.165, 1.54) is 22.5 Å². The Morgan fingerprint density at radius 1 is 0.967 bits per heavy atom. The van der Waals surface area contributed by atoms with Crippen molar-refractivity contribution in [2.75, 3.05) is 10.6 Å². The van der Waals surface area contributed by atoms with Crippen LogP contribution in [0.2, 0.25) is 0 Å². The molecular formula is C20H17N7O3. The van der Waals surface area contributed by atoms with Gasteiger partial charge in [0.2, 0.25) is 11.8 Å². The fourth-order valence-electron chi connectivity index (χ4n) is 2.90. The molecule has 0 saturated carbocycles. The monoisotopic (exact) mass is 403 g/mol. The van der Waals surface area contributed by atoms with Crippen LogP contribution in [0.3, 0.4) is 0 Å². The molecule has 10 heteroatoms. The number of hydrogen-bond acceptors (Lipinski definition) is 6. The van der Waals surface area contributed by atoms with Crippen LogP contribution < -0.4 is 16.2 Å². The second kappa shape index (κ2) is 7.95. The van der Waals surface area contributed by atoms with Crippen LogP contribution in [-0.2, 0) is 16.1 Å². The van der Waals surface area contributed by atoms with Crippen LogP contribution in [0, 0.1) is 0 Å². The molecule has 0 unspecified atom stereocenters. The van der Waals surface area contributed by atoms with Gasteiger partial charge >= 0.3 is 0 Å². The van der Waals surface area contributed by atoms with E-state index in [4.69, 9.17) is 0 Å². The Balaban J connectivity index is 1.51. The van der Waals surface area contributed by atoms with Crippen molar-refractivity contribution in [2.45, 2.75) is 13.5 Å². The predicted octanol–water partition coefficient (Wildman–Crippen LogP) is 1.57. The summed E-state index contributed by atoms with van der Waals surface area (Å²) in [5, 5.41) is 13.3. The minimum Gasteiger partial charge on any atom is -0.326 e. The van der Waals surface area contributed by atoms with E-state index >= 15 is 0 Å². The Morgan fingerprint density at radius 3 is 2.30 bits per heavy atom. The second-order valence-corrected chi connectivity index (χ2v) is 6.49. The van der Waals surface area contributed by atoms with E-state index in [0.29, 0.717) is 17.0 Å². The van der Waals surface area contributed by atoms with Crippen LogP contribution >= 0.6 is 0 Å². The van der Waals surface area contributed by atoms with Crippen molar-refractivity contribution >= 4 is 34.4 Å². The summed E-state index contributed by atoms with van der Waals surface area (Å²) in [5.41, 5.74) is 1.81. The molecule has 0 aliphatic carbocycles. The summed E-state index contributed by atoms with van der Waals surface area (Å²) in [5.74, 6) is -0.584. The van der Waals surface area contributed by atoms with Crippen LogP contribution in [0.15, 0.2) is 65.7 Å². The molecular weight excluding hydrogens is 386 g/mol. The molecule has 2 N–H and O–H groups in total. The Hall–Kier alpha value is -4.34. The number of rotatable bonds is 5. The van der Waals surface area contributed by atoms with Crippen molar-refractivity contribution in [3.8, 4) is 5.69 Å². The largest absolute Gasteiger partial charge is 0.326 e. The van der Waals surface area contributed by atoms with Crippen LogP contribution in [0.25, 0.3) is 16.9 Å². The van der Waals surface area contributed by atoms with Gasteiger partial charge in [-0.25, -0.2) is 4.98 Å². The summed E-state index contributed by atoms with van der Waals surface area (Å²) in [6.45, 7) is 1.18. The number of amides is 2. The average Bonchev–Trinajstić information content (AvgIpc) is 3.17. The number of fused-ring (bicyclic) bond motifs is 1. The quantitative estimate of drug-likeness (QED) is 0.521. The molecule has 2 aromatic heterocycles. The third kappa shape index (κ3) is 3.92. The highest BCUT2D eigenvalue weighted by Gasteiger charge is 2.14. The van der Waals surface area contributed by atoms with Crippen molar-refractivity contribution < 1.29 is 9.59 Å². The van der Waals surface area contributed by atoms with Gasteiger partial charge in [-0.1, -0.05) is 23.4 Å². The topological polar surface area (TPSA) is 124 Å². The lowest BCUT2D eigenvalue weighted by molar-refractivity contribution is -0.117. The summed E-state index contributed by atoms with van der Waals surface area (Å²) in [7, 11) is 0. The highest BCUT2D eigenvalue weighted by atomic mass is 16.2. The van der Waals surface area contributed by atoms with Gasteiger partial charge in [-0.3, -0.25) is 19.0 Å². The number of nitrogens with one attached hydrogen (secondary N) is 2. The molecule has 4 rings (SSSR count). The van der Waals surface area contributed by atoms with E-state index in [9.17, 15) is 14.4 Å². The molecule has 0 saturated heterocycles. The molecule has 0 fully saturated rings. The molecule has 2 amide bonds. The predicted molar refractivity (Wildman–Crippen MR) is 110 cm³/mol. The first-order valence-corrected chi connectivity index (χ1v) is 9.05. The molecule has 2 aromatic carbocycles. The Labute approximate surface area is 170 Å². The molecule has 4 aromatic rings. The Kier molecular flexibility index (Phi) is 5.04.